The molecule has 1 fully saturated rings. The number of carbonyl (C=O) groups excluding carboxylic acids is 1. The van der Waals surface area contributed by atoms with Crippen molar-refractivity contribution in [3.63, 3.8) is 0 Å². The number of rotatable bonds is 6. The lowest BCUT2D eigenvalue weighted by atomic mass is 9.90. The summed E-state index contributed by atoms with van der Waals surface area (Å²) < 4.78 is 5.53. The van der Waals surface area contributed by atoms with Crippen molar-refractivity contribution in [1.29, 1.82) is 0 Å². The number of aromatic nitrogens is 1. The van der Waals surface area contributed by atoms with Crippen LogP contribution >= 0.6 is 0 Å². The van der Waals surface area contributed by atoms with E-state index in [1.54, 1.807) is 0 Å². The van der Waals surface area contributed by atoms with E-state index < -0.39 is 5.60 Å². The maximum atomic E-state index is 12.2. The van der Waals surface area contributed by atoms with Crippen LogP contribution in [0.2, 0.25) is 0 Å². The number of azo groups is 1. The Hall–Kier alpha value is -2.56. The number of carbonyl (C=O) groups is 1. The van der Waals surface area contributed by atoms with Crippen LogP contribution in [0, 0.1) is 18.8 Å². The highest BCUT2D eigenvalue weighted by molar-refractivity contribution is 5.71. The Labute approximate surface area is 198 Å². The fraction of sp³-hybridized carbons (Fsp3) is 0.571. The molecule has 0 amide bonds. The van der Waals surface area contributed by atoms with Crippen molar-refractivity contribution >= 4 is 11.7 Å². The van der Waals surface area contributed by atoms with Gasteiger partial charge in [-0.25, -0.2) is 0 Å². The Kier molecular flexibility index (Phi) is 7.26. The minimum absolute atomic E-state index is 0.0465. The first kappa shape index (κ1) is 23.6. The molecule has 0 bridgehead atoms. The lowest BCUT2D eigenvalue weighted by Gasteiger charge is -2.21. The average molecular weight is 448 g/mol. The quantitative estimate of drug-likeness (QED) is 0.334. The molecule has 1 aliphatic heterocycles. The van der Waals surface area contributed by atoms with Crippen LogP contribution < -0.4 is 0 Å². The van der Waals surface area contributed by atoms with Crippen LogP contribution in [-0.2, 0) is 9.53 Å². The fourth-order valence-electron chi connectivity index (χ4n) is 5.24. The number of nitrogens with zero attached hydrogens (tertiary/aromatic N) is 3. The molecule has 176 valence electrons. The maximum Gasteiger partial charge on any atom is 0.306 e. The van der Waals surface area contributed by atoms with Crippen LogP contribution in [0.15, 0.2) is 46.8 Å². The van der Waals surface area contributed by atoms with Gasteiger partial charge in [-0.2, -0.15) is 10.2 Å². The molecule has 3 atom stereocenters. The molecule has 5 nitrogen and oxygen atoms in total. The molecule has 0 N–H and O–H groups in total. The van der Waals surface area contributed by atoms with Gasteiger partial charge in [-0.3, -0.25) is 9.78 Å². The van der Waals surface area contributed by atoms with E-state index in [0.717, 1.165) is 41.8 Å². The Morgan fingerprint density at radius 1 is 1.06 bits per heavy atom. The predicted molar refractivity (Wildman–Crippen MR) is 131 cm³/mol. The normalized spacial score (nSPS) is 22.6. The van der Waals surface area contributed by atoms with Crippen LogP contribution in [0.5, 0.6) is 0 Å². The molecule has 4 rings (SSSR count). The second kappa shape index (κ2) is 10.1. The van der Waals surface area contributed by atoms with Crippen LogP contribution in [0.3, 0.4) is 0 Å². The number of hydrogen-bond donors (Lipinski definition) is 0. The van der Waals surface area contributed by atoms with Gasteiger partial charge < -0.3 is 4.74 Å². The molecular formula is C28H37N3O2. The van der Waals surface area contributed by atoms with Gasteiger partial charge in [0.25, 0.3) is 0 Å². The van der Waals surface area contributed by atoms with E-state index in [1.165, 1.54) is 31.2 Å². The van der Waals surface area contributed by atoms with Crippen LogP contribution in [-0.4, -0.2) is 16.6 Å². The number of fused-ring (bicyclic) bond motifs is 1. The van der Waals surface area contributed by atoms with Gasteiger partial charge in [0.1, 0.15) is 5.60 Å². The van der Waals surface area contributed by atoms with Crippen molar-refractivity contribution in [2.75, 3.05) is 0 Å². The lowest BCUT2D eigenvalue weighted by molar-refractivity contribution is -0.156. The van der Waals surface area contributed by atoms with Crippen molar-refractivity contribution in [1.82, 2.24) is 4.98 Å². The predicted octanol–water partition coefficient (Wildman–Crippen LogP) is 7.90. The second-order valence-electron chi connectivity index (χ2n) is 10.7. The summed E-state index contributed by atoms with van der Waals surface area (Å²) in [5, 5.41) is 9.11. The van der Waals surface area contributed by atoms with Crippen LogP contribution in [0.25, 0.3) is 11.1 Å². The molecular weight excluding hydrogens is 410 g/mol. The van der Waals surface area contributed by atoms with Gasteiger partial charge >= 0.3 is 5.97 Å². The highest BCUT2D eigenvalue weighted by Crippen LogP contribution is 2.42. The lowest BCUT2D eigenvalue weighted by Crippen LogP contribution is -2.25. The summed E-state index contributed by atoms with van der Waals surface area (Å²) in [4.78, 5) is 16.6. The molecule has 2 heterocycles. The third-order valence-electron chi connectivity index (χ3n) is 6.94. The number of benzene rings is 1. The summed E-state index contributed by atoms with van der Waals surface area (Å²) in [5.74, 6) is 1.13. The monoisotopic (exact) mass is 447 g/mol. The Morgan fingerprint density at radius 2 is 1.85 bits per heavy atom. The smallest absolute Gasteiger partial charge is 0.306 e. The van der Waals surface area contributed by atoms with Crippen molar-refractivity contribution in [2.45, 2.75) is 90.7 Å². The average Bonchev–Trinajstić information content (AvgIpc) is 3.02. The molecule has 1 saturated carbocycles. The zero-order valence-electron chi connectivity index (χ0n) is 20.5. The van der Waals surface area contributed by atoms with Crippen molar-refractivity contribution in [2.24, 2.45) is 22.1 Å². The Balaban J connectivity index is 1.29. The summed E-state index contributed by atoms with van der Waals surface area (Å²) in [6, 6.07) is 10.8. The van der Waals surface area contributed by atoms with E-state index >= 15 is 0 Å². The van der Waals surface area contributed by atoms with E-state index in [0.29, 0.717) is 18.3 Å². The fourth-order valence-corrected chi connectivity index (χ4v) is 5.24. The molecule has 33 heavy (non-hydrogen) atoms. The Bertz CT molecular complexity index is 1010. The van der Waals surface area contributed by atoms with Gasteiger partial charge in [-0.1, -0.05) is 37.5 Å². The molecule has 2 aliphatic rings. The molecule has 2 aromatic rings. The molecule has 1 aromatic heterocycles. The standard InChI is InChI=1S/C28H37N3O2/c1-19-23(9-6-16-29-19)22-13-14-24-25(30-31-26(24)18-22)15-12-20-7-5-8-21(11-10-20)17-27(32)33-28(2,3)4/h6,9,13-14,16,18,20-21,25H,5,7-8,10-12,15,17H2,1-4H3. The summed E-state index contributed by atoms with van der Waals surface area (Å²) in [6.07, 6.45) is 10.5. The van der Waals surface area contributed by atoms with Crippen molar-refractivity contribution in [3.8, 4) is 11.1 Å². The van der Waals surface area contributed by atoms with E-state index in [-0.39, 0.29) is 12.0 Å². The molecule has 0 spiro atoms. The van der Waals surface area contributed by atoms with Crippen molar-refractivity contribution in [3.05, 3.63) is 47.8 Å². The zero-order valence-corrected chi connectivity index (χ0v) is 20.5. The topological polar surface area (TPSA) is 63.9 Å². The summed E-state index contributed by atoms with van der Waals surface area (Å²) in [5.41, 5.74) is 5.18. The van der Waals surface area contributed by atoms with E-state index in [4.69, 9.17) is 4.74 Å². The first-order valence-corrected chi connectivity index (χ1v) is 12.5. The first-order valence-electron chi connectivity index (χ1n) is 12.5. The van der Waals surface area contributed by atoms with Gasteiger partial charge in [-0.15, -0.1) is 0 Å². The maximum absolute atomic E-state index is 12.2. The van der Waals surface area contributed by atoms with Crippen molar-refractivity contribution < 1.29 is 9.53 Å². The summed E-state index contributed by atoms with van der Waals surface area (Å²) in [7, 11) is 0. The first-order chi connectivity index (χ1) is 15.8. The van der Waals surface area contributed by atoms with E-state index in [2.05, 4.69) is 39.5 Å². The zero-order chi connectivity index (χ0) is 23.4. The minimum Gasteiger partial charge on any atom is -0.460 e. The van der Waals surface area contributed by atoms with Gasteiger partial charge in [0, 0.05) is 29.4 Å². The molecule has 0 radical (unpaired) electrons. The molecule has 1 aliphatic carbocycles. The minimum atomic E-state index is -0.395. The number of esters is 1. The van der Waals surface area contributed by atoms with Crippen LogP contribution in [0.1, 0.15) is 89.4 Å². The largest absolute Gasteiger partial charge is 0.460 e. The third kappa shape index (κ3) is 6.27. The number of aryl methyl sites for hydroxylation is 1. The second-order valence-corrected chi connectivity index (χ2v) is 10.7. The van der Waals surface area contributed by atoms with E-state index in [9.17, 15) is 4.79 Å². The van der Waals surface area contributed by atoms with Crippen LogP contribution in [0.4, 0.5) is 5.69 Å². The van der Waals surface area contributed by atoms with Gasteiger partial charge in [0.2, 0.25) is 0 Å². The molecule has 5 heteroatoms. The van der Waals surface area contributed by atoms with Gasteiger partial charge in [-0.05, 0) is 82.9 Å². The molecule has 1 aromatic carbocycles. The number of ether oxygens (including phenoxy) is 1. The molecule has 3 unspecified atom stereocenters. The molecule has 0 saturated heterocycles. The summed E-state index contributed by atoms with van der Waals surface area (Å²) in [6.45, 7) is 7.85. The SMILES string of the molecule is Cc1ncccc1-c1ccc2c(c1)N=NC2CCC1CCCC(CC(=O)OC(C)(C)C)CC1. The van der Waals surface area contributed by atoms with E-state index in [1.807, 2.05) is 40.0 Å². The number of hydrogen-bond acceptors (Lipinski definition) is 5. The highest BCUT2D eigenvalue weighted by atomic mass is 16.6. The summed E-state index contributed by atoms with van der Waals surface area (Å²) >= 11 is 0. The third-order valence-corrected chi connectivity index (χ3v) is 6.94. The van der Waals surface area contributed by atoms with Gasteiger partial charge in [0.05, 0.1) is 11.7 Å². The Morgan fingerprint density at radius 3 is 2.64 bits per heavy atom. The number of pyridine rings is 1. The van der Waals surface area contributed by atoms with Gasteiger partial charge in [0.15, 0.2) is 0 Å². The highest BCUT2D eigenvalue weighted by Gasteiger charge is 2.26.